The number of aryl methyl sites for hydroxylation is 1. The average Bonchev–Trinajstić information content (AvgIpc) is 3.40. The van der Waals surface area contributed by atoms with Gasteiger partial charge in [0.15, 0.2) is 17.3 Å². The second-order valence-corrected chi connectivity index (χ2v) is 9.41. The smallest absolute Gasteiger partial charge is 0.173 e. The Hall–Kier alpha value is -4.32. The lowest BCUT2D eigenvalue weighted by atomic mass is 10.1. The van der Waals surface area contributed by atoms with Crippen LogP contribution in [0.25, 0.3) is 27.8 Å². The fourth-order valence-corrected chi connectivity index (χ4v) is 5.02. The molecule has 0 aromatic carbocycles. The van der Waals surface area contributed by atoms with E-state index in [1.165, 1.54) is 12.5 Å². The molecule has 0 radical (unpaired) electrons. The zero-order chi connectivity index (χ0) is 25.0. The van der Waals surface area contributed by atoms with Crippen molar-refractivity contribution < 1.29 is 5.11 Å². The second-order valence-electron chi connectivity index (χ2n) is 9.41. The number of fused-ring (bicyclic) bond motifs is 2. The number of hydrogen-bond donors (Lipinski definition) is 3. The molecule has 0 amide bonds. The summed E-state index contributed by atoms with van der Waals surface area (Å²) in [6.45, 7) is 8.42. The van der Waals surface area contributed by atoms with Crippen LogP contribution in [0.3, 0.4) is 0 Å². The number of nitrogens with one attached hydrogen (secondary N) is 1. The van der Waals surface area contributed by atoms with E-state index in [1.807, 2.05) is 10.7 Å². The highest BCUT2D eigenvalue weighted by Crippen LogP contribution is 2.31. The molecule has 0 spiro atoms. The van der Waals surface area contributed by atoms with Crippen LogP contribution in [0, 0.1) is 6.92 Å². The highest BCUT2D eigenvalue weighted by atomic mass is 16.3. The Kier molecular flexibility index (Phi) is 5.18. The van der Waals surface area contributed by atoms with E-state index < -0.39 is 0 Å². The average molecular weight is 486 g/mol. The molecule has 5 aromatic rings. The molecule has 0 bridgehead atoms. The van der Waals surface area contributed by atoms with Crippen LogP contribution in [-0.4, -0.2) is 69.6 Å². The van der Waals surface area contributed by atoms with E-state index in [0.29, 0.717) is 46.0 Å². The first-order valence-corrected chi connectivity index (χ1v) is 11.8. The number of hydrogen-bond acceptors (Lipinski definition) is 10. The lowest BCUT2D eigenvalue weighted by molar-refractivity contribution is 0.405. The van der Waals surface area contributed by atoms with Crippen LogP contribution in [0.5, 0.6) is 5.75 Å². The van der Waals surface area contributed by atoms with Gasteiger partial charge in [0.2, 0.25) is 0 Å². The summed E-state index contributed by atoms with van der Waals surface area (Å²) < 4.78 is 3.61. The van der Waals surface area contributed by atoms with Gasteiger partial charge in [0.25, 0.3) is 0 Å². The first-order chi connectivity index (χ1) is 17.4. The van der Waals surface area contributed by atoms with Crippen LogP contribution in [0.1, 0.15) is 25.2 Å². The molecule has 12 nitrogen and oxygen atoms in total. The Morgan fingerprint density at radius 3 is 2.72 bits per heavy atom. The predicted octanol–water partition coefficient (Wildman–Crippen LogP) is 1.76. The number of pyridine rings is 1. The quantitative estimate of drug-likeness (QED) is 0.344. The zero-order valence-electron chi connectivity index (χ0n) is 20.3. The minimum atomic E-state index is 0.0338. The third kappa shape index (κ3) is 3.75. The Balaban J connectivity index is 1.47. The fraction of sp³-hybridized carbons (Fsp3) is 0.333. The molecular weight excluding hydrogens is 458 g/mol. The lowest BCUT2D eigenvalue weighted by Gasteiger charge is -2.37. The molecule has 1 fully saturated rings. The maximum absolute atomic E-state index is 9.96. The SMILES string of the molecule is Cc1ccn2nc(Cn3nc(-c4cncc(O)c4)c4c(N)ncnc43)nc(N3C[C@@H](C)N[C@@H](C)C3)c12. The largest absolute Gasteiger partial charge is 0.506 e. The Morgan fingerprint density at radius 1 is 1.14 bits per heavy atom. The second kappa shape index (κ2) is 8.41. The van der Waals surface area contributed by atoms with Crippen molar-refractivity contribution in [2.24, 2.45) is 0 Å². The van der Waals surface area contributed by atoms with Crippen molar-refractivity contribution in [3.63, 3.8) is 0 Å². The van der Waals surface area contributed by atoms with Crippen molar-refractivity contribution in [3.8, 4) is 17.0 Å². The molecule has 1 aliphatic rings. The molecule has 6 rings (SSSR count). The number of anilines is 2. The van der Waals surface area contributed by atoms with Crippen molar-refractivity contribution in [1.82, 2.24) is 44.6 Å². The third-order valence-electron chi connectivity index (χ3n) is 6.44. The summed E-state index contributed by atoms with van der Waals surface area (Å²) in [5.74, 6) is 1.83. The number of nitrogen functional groups attached to an aromatic ring is 1. The first kappa shape index (κ1) is 22.2. The van der Waals surface area contributed by atoms with Gasteiger partial charge in [0.05, 0.1) is 11.6 Å². The van der Waals surface area contributed by atoms with Gasteiger partial charge in [0.1, 0.15) is 35.7 Å². The molecule has 6 heterocycles. The topological polar surface area (TPSA) is 148 Å². The van der Waals surface area contributed by atoms with Crippen molar-refractivity contribution in [2.45, 2.75) is 39.4 Å². The number of nitrogens with two attached hydrogens (primary N) is 1. The molecule has 1 saturated heterocycles. The monoisotopic (exact) mass is 485 g/mol. The van der Waals surface area contributed by atoms with Crippen LogP contribution < -0.4 is 16.0 Å². The molecule has 5 aromatic heterocycles. The Bertz CT molecular complexity index is 1580. The minimum absolute atomic E-state index is 0.0338. The van der Waals surface area contributed by atoms with Crippen molar-refractivity contribution >= 4 is 28.2 Å². The van der Waals surface area contributed by atoms with Gasteiger partial charge < -0.3 is 21.1 Å². The van der Waals surface area contributed by atoms with Gasteiger partial charge in [-0.05, 0) is 38.5 Å². The van der Waals surface area contributed by atoms with Crippen LogP contribution in [0.15, 0.2) is 37.1 Å². The van der Waals surface area contributed by atoms with Gasteiger partial charge in [-0.25, -0.2) is 24.1 Å². The molecule has 36 heavy (non-hydrogen) atoms. The summed E-state index contributed by atoms with van der Waals surface area (Å²) in [5.41, 5.74) is 10.1. The van der Waals surface area contributed by atoms with E-state index in [1.54, 1.807) is 16.9 Å². The first-order valence-electron chi connectivity index (χ1n) is 11.8. The molecule has 0 saturated carbocycles. The number of aromatic hydroxyl groups is 1. The van der Waals surface area contributed by atoms with E-state index >= 15 is 0 Å². The fourth-order valence-electron chi connectivity index (χ4n) is 5.02. The molecule has 0 unspecified atom stereocenters. The van der Waals surface area contributed by atoms with Crippen LogP contribution in [0.4, 0.5) is 11.6 Å². The summed E-state index contributed by atoms with van der Waals surface area (Å²) >= 11 is 0. The molecule has 184 valence electrons. The van der Waals surface area contributed by atoms with Crippen LogP contribution in [0.2, 0.25) is 0 Å². The van der Waals surface area contributed by atoms with E-state index in [9.17, 15) is 5.11 Å². The molecule has 2 atom stereocenters. The van der Waals surface area contributed by atoms with E-state index in [4.69, 9.17) is 20.9 Å². The molecule has 1 aliphatic heterocycles. The van der Waals surface area contributed by atoms with Gasteiger partial charge in [0, 0.05) is 43.1 Å². The standard InChI is InChI=1S/C24H27N11O/c1-13-4-5-34-21(13)24(33-9-14(2)29-15(3)10-33)30-18(31-34)11-35-23-19(22(25)27-12-28-23)20(32-35)16-6-17(36)8-26-7-16/h4-8,12,14-15,29,36H,9-11H2,1-3H3,(H2,25,27,28)/t14-,15+. The Labute approximate surface area is 206 Å². The van der Waals surface area contributed by atoms with Gasteiger partial charge in [-0.1, -0.05) is 0 Å². The zero-order valence-corrected chi connectivity index (χ0v) is 20.3. The van der Waals surface area contributed by atoms with E-state index in [-0.39, 0.29) is 12.3 Å². The summed E-state index contributed by atoms with van der Waals surface area (Å²) in [6, 6.07) is 4.32. The van der Waals surface area contributed by atoms with Crippen LogP contribution >= 0.6 is 0 Å². The highest BCUT2D eigenvalue weighted by Gasteiger charge is 2.26. The van der Waals surface area contributed by atoms with Crippen molar-refractivity contribution in [2.75, 3.05) is 23.7 Å². The van der Waals surface area contributed by atoms with E-state index in [0.717, 1.165) is 30.0 Å². The maximum atomic E-state index is 9.96. The number of aromatic nitrogens is 8. The summed E-state index contributed by atoms with van der Waals surface area (Å²) in [5, 5.41) is 23.7. The van der Waals surface area contributed by atoms with E-state index in [2.05, 4.69) is 52.0 Å². The lowest BCUT2D eigenvalue weighted by Crippen LogP contribution is -2.54. The summed E-state index contributed by atoms with van der Waals surface area (Å²) in [6.07, 6.45) is 6.35. The van der Waals surface area contributed by atoms with Crippen LogP contribution in [-0.2, 0) is 6.54 Å². The maximum Gasteiger partial charge on any atom is 0.173 e. The number of rotatable bonds is 4. The van der Waals surface area contributed by atoms with Gasteiger partial charge in [-0.3, -0.25) is 4.98 Å². The van der Waals surface area contributed by atoms with Crippen molar-refractivity contribution in [3.05, 3.63) is 48.4 Å². The normalized spacial score (nSPS) is 18.4. The minimum Gasteiger partial charge on any atom is -0.506 e. The summed E-state index contributed by atoms with van der Waals surface area (Å²) in [7, 11) is 0. The predicted molar refractivity (Wildman–Crippen MR) is 136 cm³/mol. The highest BCUT2D eigenvalue weighted by molar-refractivity contribution is 5.98. The van der Waals surface area contributed by atoms with Gasteiger partial charge in [-0.15, -0.1) is 0 Å². The molecule has 0 aliphatic carbocycles. The summed E-state index contributed by atoms with van der Waals surface area (Å²) in [4.78, 5) is 20.0. The number of nitrogens with zero attached hydrogens (tertiary/aromatic N) is 9. The van der Waals surface area contributed by atoms with Crippen molar-refractivity contribution in [1.29, 1.82) is 0 Å². The molecule has 12 heteroatoms. The molecular formula is C24H27N11O. The Morgan fingerprint density at radius 2 is 1.94 bits per heavy atom. The number of piperazine rings is 1. The molecule has 4 N–H and O–H groups in total. The van der Waals surface area contributed by atoms with Gasteiger partial charge in [-0.2, -0.15) is 10.2 Å². The third-order valence-corrected chi connectivity index (χ3v) is 6.44. The van der Waals surface area contributed by atoms with Gasteiger partial charge >= 0.3 is 0 Å².